The van der Waals surface area contributed by atoms with Gasteiger partial charge in [-0.3, -0.25) is 4.79 Å². The van der Waals surface area contributed by atoms with Crippen LogP contribution in [0.4, 0.5) is 4.39 Å². The lowest BCUT2D eigenvalue weighted by atomic mass is 10.1. The van der Waals surface area contributed by atoms with Crippen LogP contribution in [-0.4, -0.2) is 23.7 Å². The number of halogens is 1. The monoisotopic (exact) mass is 325 g/mol. The Bertz CT molecular complexity index is 902. The van der Waals surface area contributed by atoms with E-state index in [0.717, 1.165) is 22.2 Å². The summed E-state index contributed by atoms with van der Waals surface area (Å²) in [6, 6.07) is 13.5. The Morgan fingerprint density at radius 2 is 2.12 bits per heavy atom. The Kier molecular flexibility index (Phi) is 4.56. The molecule has 5 nitrogen and oxygen atoms in total. The molecule has 3 rings (SSSR count). The number of ether oxygens (including phenoxy) is 1. The lowest BCUT2D eigenvalue weighted by Gasteiger charge is -2.04. The average Bonchev–Trinajstić information content (AvgIpc) is 2.89. The molecule has 0 bridgehead atoms. The number of carbonyl (C=O) groups excluding carboxylic acids is 1. The summed E-state index contributed by atoms with van der Waals surface area (Å²) in [6.07, 6.45) is 1.59. The maximum Gasteiger partial charge on any atom is 0.277 e. The van der Waals surface area contributed by atoms with Gasteiger partial charge >= 0.3 is 0 Å². The number of benzene rings is 2. The maximum atomic E-state index is 13.0. The van der Waals surface area contributed by atoms with Crippen molar-refractivity contribution in [2.24, 2.45) is 5.10 Å². The number of amides is 1. The highest BCUT2D eigenvalue weighted by molar-refractivity contribution is 6.00. The van der Waals surface area contributed by atoms with Crippen LogP contribution >= 0.6 is 0 Å². The van der Waals surface area contributed by atoms with E-state index in [1.165, 1.54) is 18.2 Å². The summed E-state index contributed by atoms with van der Waals surface area (Å²) in [7, 11) is 0. The Labute approximate surface area is 138 Å². The SMILES string of the molecule is Cc1[nH]c2ccccc2c1/C=N/NC(=O)COc1cccc(F)c1. The van der Waals surface area contributed by atoms with Crippen LogP contribution in [0.2, 0.25) is 0 Å². The molecule has 2 aromatic carbocycles. The highest BCUT2D eigenvalue weighted by Gasteiger charge is 2.06. The third kappa shape index (κ3) is 3.60. The molecule has 0 aliphatic heterocycles. The van der Waals surface area contributed by atoms with Crippen molar-refractivity contribution in [1.29, 1.82) is 0 Å². The van der Waals surface area contributed by atoms with E-state index in [9.17, 15) is 9.18 Å². The summed E-state index contributed by atoms with van der Waals surface area (Å²) < 4.78 is 18.2. The first kappa shape index (κ1) is 15.7. The van der Waals surface area contributed by atoms with Gasteiger partial charge in [-0.25, -0.2) is 9.82 Å². The molecule has 0 radical (unpaired) electrons. The van der Waals surface area contributed by atoms with E-state index in [2.05, 4.69) is 15.5 Å². The second kappa shape index (κ2) is 6.95. The minimum atomic E-state index is -0.423. The van der Waals surface area contributed by atoms with Gasteiger partial charge in [0.2, 0.25) is 0 Å². The van der Waals surface area contributed by atoms with Crippen molar-refractivity contribution in [3.63, 3.8) is 0 Å². The molecule has 0 atom stereocenters. The van der Waals surface area contributed by atoms with Crippen LogP contribution < -0.4 is 10.2 Å². The zero-order valence-electron chi connectivity index (χ0n) is 13.0. The summed E-state index contributed by atoms with van der Waals surface area (Å²) >= 11 is 0. The first-order chi connectivity index (χ1) is 11.6. The Hall–Kier alpha value is -3.15. The molecular weight excluding hydrogens is 309 g/mol. The van der Waals surface area contributed by atoms with Crippen LogP contribution in [0.3, 0.4) is 0 Å². The second-order valence-electron chi connectivity index (χ2n) is 5.25. The highest BCUT2D eigenvalue weighted by atomic mass is 19.1. The fourth-order valence-electron chi connectivity index (χ4n) is 2.37. The number of nitrogens with one attached hydrogen (secondary N) is 2. The van der Waals surface area contributed by atoms with Crippen LogP contribution in [0.1, 0.15) is 11.3 Å². The Balaban J connectivity index is 1.59. The number of aromatic amines is 1. The van der Waals surface area contributed by atoms with Crippen molar-refractivity contribution in [2.75, 3.05) is 6.61 Å². The highest BCUT2D eigenvalue weighted by Crippen LogP contribution is 2.19. The topological polar surface area (TPSA) is 66.5 Å². The summed E-state index contributed by atoms with van der Waals surface area (Å²) in [5.74, 6) is -0.546. The molecule has 1 aromatic heterocycles. The Morgan fingerprint density at radius 1 is 1.29 bits per heavy atom. The van der Waals surface area contributed by atoms with E-state index in [-0.39, 0.29) is 6.61 Å². The van der Waals surface area contributed by atoms with Gasteiger partial charge < -0.3 is 9.72 Å². The fourth-order valence-corrected chi connectivity index (χ4v) is 2.37. The number of H-pyrrole nitrogens is 1. The lowest BCUT2D eigenvalue weighted by molar-refractivity contribution is -0.123. The predicted octanol–water partition coefficient (Wildman–Crippen LogP) is 3.14. The smallest absolute Gasteiger partial charge is 0.277 e. The number of carbonyl (C=O) groups is 1. The number of aryl methyl sites for hydroxylation is 1. The molecule has 122 valence electrons. The minimum absolute atomic E-state index is 0.242. The van der Waals surface area contributed by atoms with Crippen LogP contribution in [-0.2, 0) is 4.79 Å². The molecule has 0 saturated carbocycles. The zero-order chi connectivity index (χ0) is 16.9. The van der Waals surface area contributed by atoms with Gasteiger partial charge in [0.05, 0.1) is 6.21 Å². The van der Waals surface area contributed by atoms with E-state index >= 15 is 0 Å². The molecule has 0 unspecified atom stereocenters. The van der Waals surface area contributed by atoms with Crippen molar-refractivity contribution < 1.29 is 13.9 Å². The molecule has 0 aliphatic carbocycles. The molecule has 1 heterocycles. The first-order valence-electron chi connectivity index (χ1n) is 7.41. The standard InChI is InChI=1S/C18H16FN3O2/c1-12-16(15-7-2-3-8-17(15)21-12)10-20-22-18(23)11-24-14-6-4-5-13(19)9-14/h2-10,21H,11H2,1H3,(H,22,23)/b20-10+. The van der Waals surface area contributed by atoms with E-state index < -0.39 is 11.7 Å². The average molecular weight is 325 g/mol. The fraction of sp³-hybridized carbons (Fsp3) is 0.111. The molecule has 0 aliphatic rings. The second-order valence-corrected chi connectivity index (χ2v) is 5.25. The number of fused-ring (bicyclic) bond motifs is 1. The molecule has 1 amide bonds. The number of hydrogen-bond donors (Lipinski definition) is 2. The van der Waals surface area contributed by atoms with Gasteiger partial charge in [0.1, 0.15) is 11.6 Å². The molecule has 0 spiro atoms. The van der Waals surface area contributed by atoms with E-state index in [1.807, 2.05) is 31.2 Å². The van der Waals surface area contributed by atoms with Crippen molar-refractivity contribution in [2.45, 2.75) is 6.92 Å². The normalized spacial score (nSPS) is 11.1. The van der Waals surface area contributed by atoms with Gasteiger partial charge in [-0.15, -0.1) is 0 Å². The van der Waals surface area contributed by atoms with Crippen molar-refractivity contribution >= 4 is 23.0 Å². The zero-order valence-corrected chi connectivity index (χ0v) is 13.0. The van der Waals surface area contributed by atoms with Gasteiger partial charge in [-0.05, 0) is 25.1 Å². The number of hydrogen-bond acceptors (Lipinski definition) is 3. The molecule has 0 fully saturated rings. The minimum Gasteiger partial charge on any atom is -0.484 e. The quantitative estimate of drug-likeness (QED) is 0.559. The first-order valence-corrected chi connectivity index (χ1v) is 7.41. The number of aromatic nitrogens is 1. The van der Waals surface area contributed by atoms with Crippen LogP contribution in [0, 0.1) is 12.7 Å². The molecule has 6 heteroatoms. The third-order valence-corrected chi connectivity index (χ3v) is 3.49. The van der Waals surface area contributed by atoms with Gasteiger partial charge in [0.25, 0.3) is 5.91 Å². The van der Waals surface area contributed by atoms with Crippen LogP contribution in [0.25, 0.3) is 10.9 Å². The number of para-hydroxylation sites is 1. The number of hydrazone groups is 1. The molecule has 24 heavy (non-hydrogen) atoms. The van der Waals surface area contributed by atoms with Gasteiger partial charge in [-0.1, -0.05) is 24.3 Å². The Morgan fingerprint density at radius 3 is 2.96 bits per heavy atom. The van der Waals surface area contributed by atoms with E-state index in [4.69, 9.17) is 4.74 Å². The number of nitrogens with zero attached hydrogens (tertiary/aromatic N) is 1. The summed E-state index contributed by atoms with van der Waals surface area (Å²) in [6.45, 7) is 1.70. The van der Waals surface area contributed by atoms with Crippen molar-refractivity contribution in [1.82, 2.24) is 10.4 Å². The third-order valence-electron chi connectivity index (χ3n) is 3.49. The van der Waals surface area contributed by atoms with Crippen molar-refractivity contribution in [3.05, 3.63) is 65.6 Å². The number of rotatable bonds is 5. The lowest BCUT2D eigenvalue weighted by Crippen LogP contribution is -2.24. The predicted molar refractivity (Wildman–Crippen MR) is 90.7 cm³/mol. The molecule has 3 aromatic rings. The molecular formula is C18H16FN3O2. The largest absolute Gasteiger partial charge is 0.484 e. The molecule has 0 saturated heterocycles. The van der Waals surface area contributed by atoms with Gasteiger partial charge in [-0.2, -0.15) is 5.10 Å². The molecule has 2 N–H and O–H groups in total. The van der Waals surface area contributed by atoms with Gasteiger partial charge in [0.15, 0.2) is 6.61 Å². The summed E-state index contributed by atoms with van der Waals surface area (Å²) in [4.78, 5) is 15.0. The summed E-state index contributed by atoms with van der Waals surface area (Å²) in [5.41, 5.74) is 5.28. The van der Waals surface area contributed by atoms with Gasteiger partial charge in [0, 0.05) is 28.2 Å². The maximum absolute atomic E-state index is 13.0. The van der Waals surface area contributed by atoms with E-state index in [0.29, 0.717) is 5.75 Å². The van der Waals surface area contributed by atoms with E-state index in [1.54, 1.807) is 12.3 Å². The van der Waals surface area contributed by atoms with Crippen LogP contribution in [0.15, 0.2) is 53.6 Å². The summed E-state index contributed by atoms with van der Waals surface area (Å²) in [5, 5.41) is 4.99. The van der Waals surface area contributed by atoms with Crippen LogP contribution in [0.5, 0.6) is 5.75 Å². The van der Waals surface area contributed by atoms with Crippen molar-refractivity contribution in [3.8, 4) is 5.75 Å².